The molecule has 0 amide bonds. The maximum absolute atomic E-state index is 6.19. The highest BCUT2D eigenvalue weighted by molar-refractivity contribution is 6.32. The fourth-order valence-electron chi connectivity index (χ4n) is 1.85. The Balaban J connectivity index is 2.69. The monoisotopic (exact) mass is 282 g/mol. The zero-order valence-corrected chi connectivity index (χ0v) is 13.9. The van der Waals surface area contributed by atoms with Gasteiger partial charge in [0, 0.05) is 0 Å². The summed E-state index contributed by atoms with van der Waals surface area (Å²) in [6.07, 6.45) is 2.05. The van der Waals surface area contributed by atoms with Gasteiger partial charge in [0.15, 0.2) is 0 Å². The average molecular weight is 283 g/mol. The summed E-state index contributed by atoms with van der Waals surface area (Å²) in [7, 11) is 0. The van der Waals surface area contributed by atoms with Crippen LogP contribution in [0.5, 0.6) is 5.75 Å². The Bertz CT molecular complexity index is 410. The molecule has 0 saturated carbocycles. The number of rotatable bonds is 4. The van der Waals surface area contributed by atoms with E-state index >= 15 is 0 Å². The molecule has 0 aromatic heterocycles. The van der Waals surface area contributed by atoms with Crippen LogP contribution in [0.1, 0.15) is 53.5 Å². The van der Waals surface area contributed by atoms with Crippen molar-refractivity contribution < 1.29 is 4.74 Å². The molecule has 108 valence electrons. The second kappa shape index (κ2) is 6.17. The Hall–Kier alpha value is -0.690. The van der Waals surface area contributed by atoms with E-state index in [9.17, 15) is 0 Å². The van der Waals surface area contributed by atoms with Crippen LogP contribution in [0.3, 0.4) is 0 Å². The molecule has 0 aliphatic rings. The van der Waals surface area contributed by atoms with E-state index in [1.807, 2.05) is 6.07 Å². The maximum Gasteiger partial charge on any atom is 0.138 e. The Kier molecular flexibility index (Phi) is 5.32. The largest absolute Gasteiger partial charge is 0.492 e. The van der Waals surface area contributed by atoms with Crippen LogP contribution in [0.25, 0.3) is 0 Å². The molecule has 1 aromatic rings. The smallest absolute Gasteiger partial charge is 0.138 e. The lowest BCUT2D eigenvalue weighted by Gasteiger charge is -2.20. The highest BCUT2D eigenvalue weighted by Crippen LogP contribution is 2.30. The molecule has 0 fully saturated rings. The Morgan fingerprint density at radius 3 is 2.16 bits per heavy atom. The van der Waals surface area contributed by atoms with Crippen LogP contribution in [0.2, 0.25) is 5.02 Å². The van der Waals surface area contributed by atoms with Gasteiger partial charge in [0.2, 0.25) is 0 Å². The van der Waals surface area contributed by atoms with Gasteiger partial charge < -0.3 is 4.74 Å². The van der Waals surface area contributed by atoms with Crippen LogP contribution in [-0.4, -0.2) is 6.61 Å². The summed E-state index contributed by atoms with van der Waals surface area (Å²) in [6, 6.07) is 6.11. The quantitative estimate of drug-likeness (QED) is 0.684. The average Bonchev–Trinajstić information content (AvgIpc) is 2.18. The van der Waals surface area contributed by atoms with Gasteiger partial charge in [-0.25, -0.2) is 0 Å². The van der Waals surface area contributed by atoms with Gasteiger partial charge >= 0.3 is 0 Å². The zero-order valence-electron chi connectivity index (χ0n) is 13.1. The zero-order chi connectivity index (χ0) is 14.7. The van der Waals surface area contributed by atoms with Crippen molar-refractivity contribution in [2.24, 2.45) is 10.8 Å². The second-order valence-electron chi connectivity index (χ2n) is 7.66. The van der Waals surface area contributed by atoms with E-state index in [2.05, 4.69) is 53.7 Å². The lowest BCUT2D eigenvalue weighted by molar-refractivity contribution is 0.243. The third kappa shape index (κ3) is 6.87. The Morgan fingerprint density at radius 2 is 1.63 bits per heavy atom. The lowest BCUT2D eigenvalue weighted by atomic mass is 9.88. The van der Waals surface area contributed by atoms with Crippen molar-refractivity contribution in [3.05, 3.63) is 28.8 Å². The summed E-state index contributed by atoms with van der Waals surface area (Å²) in [5.41, 5.74) is 1.84. The number of benzene rings is 1. The van der Waals surface area contributed by atoms with Crippen LogP contribution in [0, 0.1) is 10.8 Å². The van der Waals surface area contributed by atoms with Crippen molar-refractivity contribution >= 4 is 11.6 Å². The van der Waals surface area contributed by atoms with Crippen LogP contribution < -0.4 is 4.74 Å². The van der Waals surface area contributed by atoms with Crippen LogP contribution in [0.15, 0.2) is 18.2 Å². The maximum atomic E-state index is 6.19. The molecule has 0 saturated heterocycles. The molecule has 19 heavy (non-hydrogen) atoms. The van der Waals surface area contributed by atoms with Crippen molar-refractivity contribution in [1.82, 2.24) is 0 Å². The van der Waals surface area contributed by atoms with E-state index in [-0.39, 0.29) is 10.8 Å². The van der Waals surface area contributed by atoms with E-state index in [4.69, 9.17) is 16.3 Å². The van der Waals surface area contributed by atoms with Gasteiger partial charge in [-0.2, -0.15) is 0 Å². The molecular formula is C17H27ClO. The third-order valence-electron chi connectivity index (χ3n) is 2.84. The summed E-state index contributed by atoms with van der Waals surface area (Å²) in [5, 5.41) is 0.701. The van der Waals surface area contributed by atoms with E-state index < -0.39 is 0 Å². The molecule has 0 radical (unpaired) electrons. The Morgan fingerprint density at radius 1 is 1.00 bits per heavy atom. The standard InChI is InChI=1S/C17H27ClO/c1-16(2,3)9-10-19-15-11-13(7-8-14(15)18)12-17(4,5)6/h7-8,11H,9-10,12H2,1-6H3. The van der Waals surface area contributed by atoms with E-state index in [1.54, 1.807) is 0 Å². The highest BCUT2D eigenvalue weighted by atomic mass is 35.5. The molecule has 0 bridgehead atoms. The van der Waals surface area contributed by atoms with Gasteiger partial charge in [0.1, 0.15) is 5.75 Å². The SMILES string of the molecule is CC(C)(C)CCOc1cc(CC(C)(C)C)ccc1Cl. The molecule has 0 heterocycles. The van der Waals surface area contributed by atoms with Crippen molar-refractivity contribution in [1.29, 1.82) is 0 Å². The topological polar surface area (TPSA) is 9.23 Å². The molecule has 1 aromatic carbocycles. The molecule has 0 N–H and O–H groups in total. The second-order valence-corrected chi connectivity index (χ2v) is 8.07. The minimum absolute atomic E-state index is 0.274. The van der Waals surface area contributed by atoms with Gasteiger partial charge in [-0.3, -0.25) is 0 Å². The van der Waals surface area contributed by atoms with Gasteiger partial charge in [0.05, 0.1) is 11.6 Å². The fourth-order valence-corrected chi connectivity index (χ4v) is 2.02. The van der Waals surface area contributed by atoms with Crippen molar-refractivity contribution in [3.8, 4) is 5.75 Å². The van der Waals surface area contributed by atoms with Gasteiger partial charge in [0.25, 0.3) is 0 Å². The first-order chi connectivity index (χ1) is 8.57. The summed E-state index contributed by atoms with van der Waals surface area (Å²) in [6.45, 7) is 14.1. The van der Waals surface area contributed by atoms with E-state index in [0.29, 0.717) is 11.6 Å². The fraction of sp³-hybridized carbons (Fsp3) is 0.647. The molecule has 0 atom stereocenters. The van der Waals surface area contributed by atoms with E-state index in [0.717, 1.165) is 18.6 Å². The first-order valence-electron chi connectivity index (χ1n) is 6.98. The van der Waals surface area contributed by atoms with E-state index in [1.165, 1.54) is 5.56 Å². The van der Waals surface area contributed by atoms with Crippen LogP contribution >= 0.6 is 11.6 Å². The molecule has 0 aliphatic heterocycles. The van der Waals surface area contributed by atoms with Crippen molar-refractivity contribution in [2.75, 3.05) is 6.61 Å². The molecule has 0 spiro atoms. The lowest BCUT2D eigenvalue weighted by Crippen LogP contribution is -2.12. The number of hydrogen-bond donors (Lipinski definition) is 0. The van der Waals surface area contributed by atoms with Crippen molar-refractivity contribution in [2.45, 2.75) is 54.4 Å². The molecule has 0 unspecified atom stereocenters. The third-order valence-corrected chi connectivity index (χ3v) is 3.15. The predicted octanol–water partition coefficient (Wildman–Crippen LogP) is 5.74. The summed E-state index contributed by atoms with van der Waals surface area (Å²) >= 11 is 6.19. The number of halogens is 1. The predicted molar refractivity (Wildman–Crippen MR) is 84.2 cm³/mol. The van der Waals surface area contributed by atoms with Gasteiger partial charge in [-0.05, 0) is 41.4 Å². The van der Waals surface area contributed by atoms with Gasteiger partial charge in [-0.15, -0.1) is 0 Å². The molecule has 2 heteroatoms. The van der Waals surface area contributed by atoms with Gasteiger partial charge in [-0.1, -0.05) is 59.2 Å². The molecular weight excluding hydrogens is 256 g/mol. The van der Waals surface area contributed by atoms with Crippen LogP contribution in [-0.2, 0) is 6.42 Å². The molecule has 1 rings (SSSR count). The highest BCUT2D eigenvalue weighted by Gasteiger charge is 2.14. The number of hydrogen-bond acceptors (Lipinski definition) is 1. The molecule has 0 aliphatic carbocycles. The minimum atomic E-state index is 0.274. The van der Waals surface area contributed by atoms with Crippen molar-refractivity contribution in [3.63, 3.8) is 0 Å². The summed E-state index contributed by atoms with van der Waals surface area (Å²) in [5.74, 6) is 0.813. The normalized spacial score (nSPS) is 12.6. The summed E-state index contributed by atoms with van der Waals surface area (Å²) < 4.78 is 5.84. The first-order valence-corrected chi connectivity index (χ1v) is 7.36. The first kappa shape index (κ1) is 16.4. The Labute approximate surface area is 123 Å². The molecule has 1 nitrogen and oxygen atoms in total. The van der Waals surface area contributed by atoms with Crippen LogP contribution in [0.4, 0.5) is 0 Å². The minimum Gasteiger partial charge on any atom is -0.492 e. The number of ether oxygens (including phenoxy) is 1. The summed E-state index contributed by atoms with van der Waals surface area (Å²) in [4.78, 5) is 0.